The molecule has 2 aromatic carbocycles. The average Bonchev–Trinajstić information content (AvgIpc) is 2.88. The van der Waals surface area contributed by atoms with Gasteiger partial charge in [0.2, 0.25) is 0 Å². The molecule has 0 aliphatic carbocycles. The van der Waals surface area contributed by atoms with E-state index in [-0.39, 0.29) is 22.3 Å². The zero-order valence-electron chi connectivity index (χ0n) is 13.6. The number of pyridine rings is 1. The van der Waals surface area contributed by atoms with Crippen LogP contribution in [0, 0.1) is 6.92 Å². The Labute approximate surface area is 146 Å². The van der Waals surface area contributed by atoms with Gasteiger partial charge in [-0.2, -0.15) is 0 Å². The third kappa shape index (κ3) is 2.21. The summed E-state index contributed by atoms with van der Waals surface area (Å²) < 4.78 is 0. The summed E-state index contributed by atoms with van der Waals surface area (Å²) in [7, 11) is 0. The summed E-state index contributed by atoms with van der Waals surface area (Å²) in [6.45, 7) is 1.48. The normalized spacial score (nSPS) is 13.2. The van der Waals surface area contributed by atoms with Crippen molar-refractivity contribution in [1.29, 1.82) is 0 Å². The smallest absolute Gasteiger partial charge is 0.324 e. The third-order valence-electron chi connectivity index (χ3n) is 4.30. The first kappa shape index (κ1) is 15.8. The molecule has 3 aromatic rings. The zero-order valence-corrected chi connectivity index (χ0v) is 13.6. The van der Waals surface area contributed by atoms with Crippen molar-refractivity contribution in [3.63, 3.8) is 0 Å². The molecule has 26 heavy (non-hydrogen) atoms. The molecule has 0 saturated carbocycles. The fourth-order valence-electron chi connectivity index (χ4n) is 2.98. The fraction of sp³-hybridized carbons (Fsp3) is 0.0526. The molecule has 1 aliphatic rings. The summed E-state index contributed by atoms with van der Waals surface area (Å²) >= 11 is 0. The van der Waals surface area contributed by atoms with E-state index in [4.69, 9.17) is 4.84 Å². The Bertz CT molecular complexity index is 1130. The second-order valence-electron chi connectivity index (χ2n) is 5.83. The second kappa shape index (κ2) is 5.66. The minimum Gasteiger partial charge on any atom is -0.324 e. The van der Waals surface area contributed by atoms with Crippen molar-refractivity contribution >= 4 is 28.7 Å². The number of aromatic nitrogens is 1. The highest BCUT2D eigenvalue weighted by atomic mass is 16.7. The quantitative estimate of drug-likeness (QED) is 0.716. The van der Waals surface area contributed by atoms with Gasteiger partial charge in [-0.15, -0.1) is 0 Å². The summed E-state index contributed by atoms with van der Waals surface area (Å²) in [6, 6.07) is 12.9. The highest BCUT2D eigenvalue weighted by Crippen LogP contribution is 2.25. The van der Waals surface area contributed by atoms with Crippen molar-refractivity contribution in [2.45, 2.75) is 6.92 Å². The molecule has 4 rings (SSSR count). The van der Waals surface area contributed by atoms with Crippen molar-refractivity contribution in [2.24, 2.45) is 0 Å². The molecule has 0 fully saturated rings. The lowest BCUT2D eigenvalue weighted by Crippen LogP contribution is -2.33. The number of carbonyl (C=O) groups is 3. The molecule has 1 aliphatic heterocycles. The van der Waals surface area contributed by atoms with Crippen LogP contribution in [0.4, 0.5) is 0 Å². The first-order valence-electron chi connectivity index (χ1n) is 7.81. The van der Waals surface area contributed by atoms with Crippen LogP contribution in [0.1, 0.15) is 36.6 Å². The average molecular weight is 348 g/mol. The number of aromatic amines is 1. The molecule has 0 bridgehead atoms. The topological polar surface area (TPSA) is 96.5 Å². The van der Waals surface area contributed by atoms with E-state index >= 15 is 0 Å². The van der Waals surface area contributed by atoms with Crippen molar-refractivity contribution in [3.05, 3.63) is 81.1 Å². The molecular formula is C19H12N2O5. The number of para-hydroxylation sites is 1. The van der Waals surface area contributed by atoms with Crippen LogP contribution in [0.25, 0.3) is 10.9 Å². The minimum absolute atomic E-state index is 0.0147. The van der Waals surface area contributed by atoms with Gasteiger partial charge in [-0.05, 0) is 25.1 Å². The summed E-state index contributed by atoms with van der Waals surface area (Å²) in [5.74, 6) is -2.38. The van der Waals surface area contributed by atoms with E-state index in [1.807, 2.05) is 0 Å². The highest BCUT2D eigenvalue weighted by Gasteiger charge is 2.39. The molecule has 7 heteroatoms. The number of amides is 2. The molecule has 2 amide bonds. The van der Waals surface area contributed by atoms with E-state index in [9.17, 15) is 19.2 Å². The lowest BCUT2D eigenvalue weighted by Gasteiger charge is -2.14. The molecule has 1 N–H and O–H groups in total. The molecule has 128 valence electrons. The van der Waals surface area contributed by atoms with Crippen LogP contribution < -0.4 is 5.56 Å². The van der Waals surface area contributed by atoms with Crippen LogP contribution in [-0.2, 0) is 4.84 Å². The van der Waals surface area contributed by atoms with Gasteiger partial charge in [0.1, 0.15) is 0 Å². The van der Waals surface area contributed by atoms with E-state index in [2.05, 4.69) is 4.98 Å². The van der Waals surface area contributed by atoms with Gasteiger partial charge in [0.15, 0.2) is 0 Å². The van der Waals surface area contributed by atoms with E-state index in [0.29, 0.717) is 16.0 Å². The van der Waals surface area contributed by atoms with Gasteiger partial charge < -0.3 is 9.82 Å². The number of imide groups is 1. The molecule has 0 radical (unpaired) electrons. The number of benzene rings is 2. The molecule has 0 atom stereocenters. The van der Waals surface area contributed by atoms with Crippen molar-refractivity contribution in [3.8, 4) is 0 Å². The monoisotopic (exact) mass is 348 g/mol. The van der Waals surface area contributed by atoms with Gasteiger partial charge in [-0.1, -0.05) is 35.4 Å². The third-order valence-corrected chi connectivity index (χ3v) is 4.30. The summed E-state index contributed by atoms with van der Waals surface area (Å²) in [5.41, 5.74) is 0.497. The SMILES string of the molecule is Cc1c(C(=O)ON2C(=O)c3ccccc3C2=O)c2ccccc2[nH]c1=O. The fourth-order valence-corrected chi connectivity index (χ4v) is 2.98. The second-order valence-corrected chi connectivity index (χ2v) is 5.83. The number of hydrogen-bond donors (Lipinski definition) is 1. The van der Waals surface area contributed by atoms with Gasteiger partial charge in [0.25, 0.3) is 17.4 Å². The summed E-state index contributed by atoms with van der Waals surface area (Å²) in [4.78, 5) is 57.3. The standard InChI is InChI=1S/C19H12N2O5/c1-10-15(13-8-4-5-9-14(13)20-16(10)22)19(25)26-21-17(23)11-6-2-3-7-12(11)18(21)24/h2-9H,1H3,(H,20,22). The molecule has 0 saturated heterocycles. The van der Waals surface area contributed by atoms with E-state index < -0.39 is 23.3 Å². The number of H-pyrrole nitrogens is 1. The molecule has 0 spiro atoms. The number of carbonyl (C=O) groups excluding carboxylic acids is 3. The molecule has 7 nitrogen and oxygen atoms in total. The minimum atomic E-state index is -0.945. The van der Waals surface area contributed by atoms with E-state index in [1.165, 1.54) is 19.1 Å². The van der Waals surface area contributed by atoms with Crippen LogP contribution in [0.5, 0.6) is 0 Å². The number of hydrogen-bond acceptors (Lipinski definition) is 5. The highest BCUT2D eigenvalue weighted by molar-refractivity contribution is 6.21. The first-order chi connectivity index (χ1) is 12.5. The van der Waals surface area contributed by atoms with E-state index in [1.54, 1.807) is 36.4 Å². The summed E-state index contributed by atoms with van der Waals surface area (Å²) in [6.07, 6.45) is 0. The Hall–Kier alpha value is -3.74. The number of fused-ring (bicyclic) bond motifs is 2. The van der Waals surface area contributed by atoms with E-state index in [0.717, 1.165) is 0 Å². The van der Waals surface area contributed by atoms with Crippen molar-refractivity contribution < 1.29 is 19.2 Å². The van der Waals surface area contributed by atoms with Crippen LogP contribution in [0.2, 0.25) is 0 Å². The summed E-state index contributed by atoms with van der Waals surface area (Å²) in [5, 5.41) is 0.897. The Balaban J connectivity index is 1.76. The van der Waals surface area contributed by atoms with Crippen LogP contribution >= 0.6 is 0 Å². The van der Waals surface area contributed by atoms with Gasteiger partial charge in [0.05, 0.1) is 16.7 Å². The first-order valence-corrected chi connectivity index (χ1v) is 7.81. The molecule has 1 aromatic heterocycles. The number of nitrogens with zero attached hydrogens (tertiary/aromatic N) is 1. The van der Waals surface area contributed by atoms with Gasteiger partial charge in [0, 0.05) is 16.5 Å². The molecule has 2 heterocycles. The Morgan fingerprint density at radius 2 is 1.50 bits per heavy atom. The maximum atomic E-state index is 12.7. The maximum Gasteiger partial charge on any atom is 0.365 e. The lowest BCUT2D eigenvalue weighted by molar-refractivity contribution is -0.0583. The Morgan fingerprint density at radius 3 is 2.15 bits per heavy atom. The van der Waals surface area contributed by atoms with Crippen LogP contribution in [0.15, 0.2) is 53.3 Å². The van der Waals surface area contributed by atoms with Gasteiger partial charge in [-0.3, -0.25) is 14.4 Å². The van der Waals surface area contributed by atoms with Gasteiger partial charge in [-0.25, -0.2) is 4.79 Å². The number of hydroxylamine groups is 2. The predicted molar refractivity (Wildman–Crippen MR) is 91.7 cm³/mol. The van der Waals surface area contributed by atoms with Gasteiger partial charge >= 0.3 is 5.97 Å². The number of rotatable bonds is 2. The van der Waals surface area contributed by atoms with Crippen molar-refractivity contribution in [2.75, 3.05) is 0 Å². The predicted octanol–water partition coefficient (Wildman–Crippen LogP) is 2.20. The van der Waals surface area contributed by atoms with Crippen LogP contribution in [0.3, 0.4) is 0 Å². The molecular weight excluding hydrogens is 336 g/mol. The number of nitrogens with one attached hydrogen (secondary N) is 1. The Morgan fingerprint density at radius 1 is 0.923 bits per heavy atom. The molecule has 0 unspecified atom stereocenters. The van der Waals surface area contributed by atoms with Crippen LogP contribution in [-0.4, -0.2) is 27.8 Å². The Kier molecular flexibility index (Phi) is 3.43. The zero-order chi connectivity index (χ0) is 18.4. The largest absolute Gasteiger partial charge is 0.365 e. The maximum absolute atomic E-state index is 12.7. The lowest BCUT2D eigenvalue weighted by atomic mass is 10.0. The van der Waals surface area contributed by atoms with Crippen molar-refractivity contribution in [1.82, 2.24) is 10.0 Å².